The van der Waals surface area contributed by atoms with Crippen LogP contribution in [0.15, 0.2) is 53.3 Å². The Morgan fingerprint density at radius 2 is 1.91 bits per heavy atom. The molecule has 0 atom stereocenters. The molecule has 0 bridgehead atoms. The summed E-state index contributed by atoms with van der Waals surface area (Å²) in [7, 11) is 0. The number of hydrogen-bond donors (Lipinski definition) is 1. The maximum Gasteiger partial charge on any atom is 0.259 e. The van der Waals surface area contributed by atoms with Crippen LogP contribution in [0.2, 0.25) is 0 Å². The third-order valence-electron chi connectivity index (χ3n) is 5.85. The molecule has 1 amide bonds. The molecule has 1 N–H and O–H groups in total. The zero-order valence-corrected chi connectivity index (χ0v) is 19.5. The molecular weight excluding hydrogens is 434 g/mol. The van der Waals surface area contributed by atoms with Gasteiger partial charge in [0, 0.05) is 22.2 Å². The monoisotopic (exact) mass is 459 g/mol. The quantitative estimate of drug-likeness (QED) is 0.452. The second-order valence-electron chi connectivity index (χ2n) is 8.49. The number of anilines is 1. The summed E-state index contributed by atoms with van der Waals surface area (Å²) in [6.45, 7) is 4.06. The van der Waals surface area contributed by atoms with Crippen LogP contribution in [0.5, 0.6) is 5.75 Å². The van der Waals surface area contributed by atoms with Crippen molar-refractivity contribution in [3.05, 3.63) is 91.8 Å². The van der Waals surface area contributed by atoms with Crippen LogP contribution in [0.3, 0.4) is 0 Å². The Morgan fingerprint density at radius 1 is 1.09 bits per heavy atom. The minimum Gasteiger partial charge on any atom is -0.485 e. The number of amides is 1. The average molecular weight is 460 g/mol. The second-order valence-corrected chi connectivity index (χ2v) is 9.56. The Bertz CT molecular complexity index is 1420. The molecule has 1 aliphatic rings. The van der Waals surface area contributed by atoms with Gasteiger partial charge in [-0.2, -0.15) is 0 Å². The maximum absolute atomic E-state index is 12.8. The highest BCUT2D eigenvalue weighted by Crippen LogP contribution is 2.29. The van der Waals surface area contributed by atoms with Crippen molar-refractivity contribution in [2.24, 2.45) is 0 Å². The molecule has 168 valence electrons. The molecule has 0 unspecified atom stereocenters. The van der Waals surface area contributed by atoms with E-state index in [0.29, 0.717) is 22.7 Å². The summed E-state index contributed by atoms with van der Waals surface area (Å²) < 4.78 is 7.78. The molecule has 0 saturated heterocycles. The van der Waals surface area contributed by atoms with E-state index in [1.54, 1.807) is 27.9 Å². The molecule has 0 spiro atoms. The van der Waals surface area contributed by atoms with Crippen LogP contribution < -0.4 is 15.6 Å². The summed E-state index contributed by atoms with van der Waals surface area (Å²) in [6, 6.07) is 14.6. The first-order chi connectivity index (χ1) is 16.0. The number of carbonyl (C=O) groups is 1. The zero-order valence-electron chi connectivity index (χ0n) is 18.7. The van der Waals surface area contributed by atoms with Crippen molar-refractivity contribution in [2.45, 2.75) is 46.1 Å². The van der Waals surface area contributed by atoms with Gasteiger partial charge >= 0.3 is 0 Å². The topological polar surface area (TPSA) is 72.7 Å². The van der Waals surface area contributed by atoms with Gasteiger partial charge in [0.05, 0.1) is 11.4 Å². The van der Waals surface area contributed by atoms with Crippen molar-refractivity contribution in [1.29, 1.82) is 0 Å². The number of fused-ring (bicyclic) bond motifs is 3. The first kappa shape index (κ1) is 21.4. The van der Waals surface area contributed by atoms with E-state index in [0.717, 1.165) is 47.5 Å². The molecule has 2 heterocycles. The Labute approximate surface area is 195 Å². The van der Waals surface area contributed by atoms with Crippen molar-refractivity contribution in [3.63, 3.8) is 0 Å². The van der Waals surface area contributed by atoms with Gasteiger partial charge in [-0.25, -0.2) is 4.98 Å². The van der Waals surface area contributed by atoms with Crippen LogP contribution >= 0.6 is 11.3 Å². The smallest absolute Gasteiger partial charge is 0.259 e. The second kappa shape index (κ2) is 8.83. The number of rotatable bonds is 5. The Morgan fingerprint density at radius 3 is 2.76 bits per heavy atom. The largest absolute Gasteiger partial charge is 0.485 e. The number of hydrogen-bond acceptors (Lipinski definition) is 5. The zero-order chi connectivity index (χ0) is 22.9. The van der Waals surface area contributed by atoms with Crippen LogP contribution in [0.25, 0.3) is 4.96 Å². The van der Waals surface area contributed by atoms with E-state index in [-0.39, 0.29) is 18.1 Å². The number of benzene rings is 2. The van der Waals surface area contributed by atoms with Crippen molar-refractivity contribution in [2.75, 3.05) is 5.32 Å². The molecule has 2 aromatic carbocycles. The van der Waals surface area contributed by atoms with Gasteiger partial charge < -0.3 is 10.1 Å². The van der Waals surface area contributed by atoms with E-state index in [2.05, 4.69) is 5.32 Å². The maximum atomic E-state index is 12.8. The standard InChI is InChI=1S/C26H25N3O3S/c1-16-6-5-7-18(12-16)25(31)28-20-13-17(2)10-11-22(20)32-15-19-14-24(30)29-21-8-3-4-9-23(21)33-26(29)27-19/h5-7,10-14H,3-4,8-9,15H2,1-2H3,(H,28,31). The van der Waals surface area contributed by atoms with E-state index in [1.807, 2.05) is 50.2 Å². The van der Waals surface area contributed by atoms with Gasteiger partial charge in [-0.1, -0.05) is 23.8 Å². The van der Waals surface area contributed by atoms with Gasteiger partial charge in [0.1, 0.15) is 12.4 Å². The van der Waals surface area contributed by atoms with E-state index in [4.69, 9.17) is 9.72 Å². The van der Waals surface area contributed by atoms with Crippen LogP contribution in [-0.2, 0) is 19.4 Å². The van der Waals surface area contributed by atoms with Gasteiger partial charge in [-0.3, -0.25) is 14.0 Å². The lowest BCUT2D eigenvalue weighted by Crippen LogP contribution is -2.18. The number of nitrogens with one attached hydrogen (secondary N) is 1. The number of ether oxygens (including phenoxy) is 1. The fourth-order valence-electron chi connectivity index (χ4n) is 4.22. The molecule has 1 aliphatic carbocycles. The first-order valence-electron chi connectivity index (χ1n) is 11.1. The number of nitrogens with zero attached hydrogens (tertiary/aromatic N) is 2. The van der Waals surface area contributed by atoms with Crippen LogP contribution in [0.4, 0.5) is 5.69 Å². The van der Waals surface area contributed by atoms with Gasteiger partial charge in [0.25, 0.3) is 11.5 Å². The summed E-state index contributed by atoms with van der Waals surface area (Å²) in [5.74, 6) is 0.338. The molecule has 33 heavy (non-hydrogen) atoms. The number of aromatic nitrogens is 2. The third kappa shape index (κ3) is 4.41. The molecule has 7 heteroatoms. The van der Waals surface area contributed by atoms with Gasteiger partial charge in [0.2, 0.25) is 0 Å². The van der Waals surface area contributed by atoms with E-state index in [1.165, 1.54) is 4.88 Å². The van der Waals surface area contributed by atoms with Crippen LogP contribution in [0, 0.1) is 13.8 Å². The molecule has 0 radical (unpaired) electrons. The fourth-order valence-corrected chi connectivity index (χ4v) is 5.45. The van der Waals surface area contributed by atoms with Crippen molar-refractivity contribution >= 4 is 27.9 Å². The van der Waals surface area contributed by atoms with E-state index in [9.17, 15) is 9.59 Å². The molecule has 5 rings (SSSR count). The van der Waals surface area contributed by atoms with Crippen molar-refractivity contribution < 1.29 is 9.53 Å². The highest BCUT2D eigenvalue weighted by Gasteiger charge is 2.19. The lowest BCUT2D eigenvalue weighted by atomic mass is 10.0. The predicted octanol–water partition coefficient (Wildman–Crippen LogP) is 5.08. The SMILES string of the molecule is Cc1cccc(C(=O)Nc2cc(C)ccc2OCc2cc(=O)n3c4c(sc3n2)CCCC4)c1. The Hall–Kier alpha value is -3.45. The lowest BCUT2D eigenvalue weighted by molar-refractivity contribution is 0.102. The summed E-state index contributed by atoms with van der Waals surface area (Å²) in [5, 5.41) is 2.96. The third-order valence-corrected chi connectivity index (χ3v) is 7.00. The van der Waals surface area contributed by atoms with Gasteiger partial charge in [0.15, 0.2) is 4.96 Å². The normalized spacial score (nSPS) is 13.0. The van der Waals surface area contributed by atoms with Crippen molar-refractivity contribution in [3.8, 4) is 5.75 Å². The summed E-state index contributed by atoms with van der Waals surface area (Å²) in [4.78, 5) is 32.3. The summed E-state index contributed by atoms with van der Waals surface area (Å²) in [6.07, 6.45) is 4.22. The molecule has 2 aromatic heterocycles. The fraction of sp³-hybridized carbons (Fsp3) is 0.269. The highest BCUT2D eigenvalue weighted by molar-refractivity contribution is 7.17. The number of aryl methyl sites for hydroxylation is 4. The van der Waals surface area contributed by atoms with Gasteiger partial charge in [-0.15, -0.1) is 11.3 Å². The number of carbonyl (C=O) groups excluding carboxylic acids is 1. The lowest BCUT2D eigenvalue weighted by Gasteiger charge is -2.14. The summed E-state index contributed by atoms with van der Waals surface area (Å²) >= 11 is 1.60. The minimum absolute atomic E-state index is 0.0603. The van der Waals surface area contributed by atoms with Gasteiger partial charge in [-0.05, 0) is 69.4 Å². The highest BCUT2D eigenvalue weighted by atomic mass is 32.1. The molecule has 0 aliphatic heterocycles. The van der Waals surface area contributed by atoms with E-state index >= 15 is 0 Å². The summed E-state index contributed by atoms with van der Waals surface area (Å²) in [5.41, 5.74) is 4.83. The number of thiazole rings is 1. The van der Waals surface area contributed by atoms with E-state index < -0.39 is 0 Å². The molecule has 6 nitrogen and oxygen atoms in total. The predicted molar refractivity (Wildman–Crippen MR) is 131 cm³/mol. The molecule has 0 fully saturated rings. The molecule has 4 aromatic rings. The minimum atomic E-state index is -0.198. The Balaban J connectivity index is 1.38. The molecular formula is C26H25N3O3S. The van der Waals surface area contributed by atoms with Crippen LogP contribution in [-0.4, -0.2) is 15.3 Å². The molecule has 0 saturated carbocycles. The van der Waals surface area contributed by atoms with Crippen LogP contribution in [0.1, 0.15) is 50.6 Å². The first-order valence-corrected chi connectivity index (χ1v) is 11.9. The average Bonchev–Trinajstić information content (AvgIpc) is 3.17. The Kier molecular flexibility index (Phi) is 5.72. The van der Waals surface area contributed by atoms with Crippen molar-refractivity contribution in [1.82, 2.24) is 9.38 Å².